The molecule has 0 saturated carbocycles. The van der Waals surface area contributed by atoms with E-state index in [0.717, 1.165) is 15.8 Å². The number of nitrogens with zero attached hydrogens (tertiary/aromatic N) is 5. The van der Waals surface area contributed by atoms with Crippen LogP contribution in [-0.4, -0.2) is 81.5 Å². The van der Waals surface area contributed by atoms with Gasteiger partial charge in [-0.05, 0) is 18.6 Å². The van der Waals surface area contributed by atoms with Crippen LogP contribution in [0.1, 0.15) is 12.5 Å². The highest BCUT2D eigenvalue weighted by atomic mass is 32.1. The molecule has 0 bridgehead atoms. The van der Waals surface area contributed by atoms with E-state index in [-0.39, 0.29) is 31.4 Å². The van der Waals surface area contributed by atoms with E-state index in [4.69, 9.17) is 12.2 Å². The van der Waals surface area contributed by atoms with Gasteiger partial charge in [0.2, 0.25) is 11.8 Å². The molecule has 2 fully saturated rings. The summed E-state index contributed by atoms with van der Waals surface area (Å²) in [5, 5.41) is 5.99. The molecule has 10 nitrogen and oxygen atoms in total. The van der Waals surface area contributed by atoms with Gasteiger partial charge in [0.05, 0.1) is 29.9 Å². The predicted octanol–water partition coefficient (Wildman–Crippen LogP) is 0.269. The zero-order valence-corrected chi connectivity index (χ0v) is 18.1. The Hall–Kier alpha value is -3.36. The number of carbonyl (C=O) groups is 3. The Morgan fingerprint density at radius 1 is 1.45 bits per heavy atom. The van der Waals surface area contributed by atoms with Gasteiger partial charge in [0.25, 0.3) is 0 Å². The second-order valence-electron chi connectivity index (χ2n) is 7.41. The lowest BCUT2D eigenvalue weighted by Crippen LogP contribution is -2.64. The fourth-order valence-electron chi connectivity index (χ4n) is 4.20. The molecule has 2 saturated heterocycles. The van der Waals surface area contributed by atoms with E-state index in [0.29, 0.717) is 11.7 Å². The van der Waals surface area contributed by atoms with Gasteiger partial charge in [-0.3, -0.25) is 9.59 Å². The summed E-state index contributed by atoms with van der Waals surface area (Å²) >= 11 is 1.39. The van der Waals surface area contributed by atoms with Crippen LogP contribution in [-0.2, 0) is 16.1 Å². The number of urea groups is 1. The van der Waals surface area contributed by atoms with E-state index < -0.39 is 18.2 Å². The molecule has 2 aliphatic rings. The third kappa shape index (κ3) is 3.54. The van der Waals surface area contributed by atoms with Gasteiger partial charge in [-0.1, -0.05) is 29.4 Å². The van der Waals surface area contributed by atoms with Crippen molar-refractivity contribution in [1.29, 1.82) is 0 Å². The number of nitrogens with one attached hydrogen (secondary N) is 1. The normalized spacial score (nSPS) is 21.3. The summed E-state index contributed by atoms with van der Waals surface area (Å²) < 4.78 is 0.951. The van der Waals surface area contributed by atoms with Gasteiger partial charge < -0.3 is 20.9 Å². The number of nitrogens with two attached hydrogens (primary N) is 1. The van der Waals surface area contributed by atoms with Crippen LogP contribution >= 0.6 is 11.3 Å². The molecule has 0 radical (unpaired) electrons. The molecule has 2 atom stereocenters. The standard InChI is InChI=1S/C20H23N7O3S/c1-4-8-25(20(30)22-3)26-11-16(28)27-12(2)18(29)24(10-15(26)27)9-13-6-5-7-14-17(13)23-19(21)31-14/h1,5-7,12,15H,8-11H2,2-3H3,(H2,21,23)(H,22,30)/t12?,15-/m1/s1. The lowest BCUT2D eigenvalue weighted by Gasteiger charge is -2.45. The minimum Gasteiger partial charge on any atom is -0.375 e. The maximum atomic E-state index is 13.1. The molecule has 0 aliphatic carbocycles. The number of anilines is 1. The second kappa shape index (κ2) is 8.05. The summed E-state index contributed by atoms with van der Waals surface area (Å²) in [7, 11) is 1.50. The van der Waals surface area contributed by atoms with E-state index in [9.17, 15) is 14.4 Å². The van der Waals surface area contributed by atoms with Crippen LogP contribution in [0.4, 0.5) is 9.93 Å². The van der Waals surface area contributed by atoms with Crippen molar-refractivity contribution in [3.05, 3.63) is 23.8 Å². The summed E-state index contributed by atoms with van der Waals surface area (Å²) in [4.78, 5) is 45.8. The molecule has 1 unspecified atom stereocenters. The molecule has 3 N–H and O–H groups in total. The molecule has 1 aromatic carbocycles. The van der Waals surface area contributed by atoms with Gasteiger partial charge in [0, 0.05) is 13.6 Å². The number of rotatable bonds is 4. The predicted molar refractivity (Wildman–Crippen MR) is 116 cm³/mol. The van der Waals surface area contributed by atoms with Crippen LogP contribution in [0.5, 0.6) is 0 Å². The third-order valence-electron chi connectivity index (χ3n) is 5.60. The third-order valence-corrected chi connectivity index (χ3v) is 6.45. The number of hydrazine groups is 1. The first-order chi connectivity index (χ1) is 14.8. The van der Waals surface area contributed by atoms with Crippen LogP contribution in [0.2, 0.25) is 0 Å². The summed E-state index contributed by atoms with van der Waals surface area (Å²) in [6, 6.07) is 4.69. The van der Waals surface area contributed by atoms with Gasteiger partial charge in [-0.2, -0.15) is 5.01 Å². The number of terminal acetylenes is 1. The molecule has 3 heterocycles. The Morgan fingerprint density at radius 2 is 2.23 bits per heavy atom. The number of hydrogen-bond acceptors (Lipinski definition) is 7. The Kier molecular flexibility index (Phi) is 5.43. The van der Waals surface area contributed by atoms with Gasteiger partial charge in [0.1, 0.15) is 12.2 Å². The van der Waals surface area contributed by atoms with E-state index in [1.165, 1.54) is 28.3 Å². The average molecular weight is 442 g/mol. The number of aromatic nitrogens is 1. The van der Waals surface area contributed by atoms with Crippen molar-refractivity contribution < 1.29 is 14.4 Å². The Morgan fingerprint density at radius 3 is 2.94 bits per heavy atom. The van der Waals surface area contributed by atoms with Gasteiger partial charge >= 0.3 is 6.03 Å². The minimum atomic E-state index is -0.659. The molecule has 0 spiro atoms. The summed E-state index contributed by atoms with van der Waals surface area (Å²) in [6.07, 6.45) is 4.95. The molecule has 4 amide bonds. The number of piperazine rings is 1. The molecular formula is C20H23N7O3S. The summed E-state index contributed by atoms with van der Waals surface area (Å²) in [5.74, 6) is 2.08. The molecule has 1 aromatic heterocycles. The maximum absolute atomic E-state index is 13.1. The monoisotopic (exact) mass is 441 g/mol. The lowest BCUT2D eigenvalue weighted by molar-refractivity contribution is -0.156. The molecule has 31 heavy (non-hydrogen) atoms. The Labute approximate surface area is 183 Å². The van der Waals surface area contributed by atoms with Crippen LogP contribution in [0.25, 0.3) is 10.2 Å². The number of thiazole rings is 1. The van der Waals surface area contributed by atoms with Crippen molar-refractivity contribution >= 4 is 44.5 Å². The maximum Gasteiger partial charge on any atom is 0.332 e. The second-order valence-corrected chi connectivity index (χ2v) is 8.47. The van der Waals surface area contributed by atoms with Gasteiger partial charge in [-0.25, -0.2) is 14.8 Å². The van der Waals surface area contributed by atoms with Crippen LogP contribution in [0.15, 0.2) is 18.2 Å². The van der Waals surface area contributed by atoms with Crippen molar-refractivity contribution in [2.75, 3.05) is 32.4 Å². The van der Waals surface area contributed by atoms with Gasteiger partial charge in [-0.15, -0.1) is 6.42 Å². The molecule has 2 aromatic rings. The first kappa shape index (κ1) is 20.9. The summed E-state index contributed by atoms with van der Waals surface area (Å²) in [6.45, 7) is 2.25. The van der Waals surface area contributed by atoms with Crippen LogP contribution < -0.4 is 11.1 Å². The van der Waals surface area contributed by atoms with Crippen molar-refractivity contribution in [2.24, 2.45) is 0 Å². The smallest absolute Gasteiger partial charge is 0.332 e. The van der Waals surface area contributed by atoms with E-state index in [2.05, 4.69) is 16.2 Å². The number of nitrogen functional groups attached to an aromatic ring is 1. The van der Waals surface area contributed by atoms with E-state index in [1.807, 2.05) is 18.2 Å². The Bertz CT molecular complexity index is 1090. The number of hydrogen-bond donors (Lipinski definition) is 2. The Balaban J connectivity index is 1.64. The highest BCUT2D eigenvalue weighted by Gasteiger charge is 2.50. The first-order valence-corrected chi connectivity index (χ1v) is 10.6. The van der Waals surface area contributed by atoms with Gasteiger partial charge in [0.15, 0.2) is 5.13 Å². The average Bonchev–Trinajstić information content (AvgIpc) is 3.29. The van der Waals surface area contributed by atoms with Crippen molar-refractivity contribution in [1.82, 2.24) is 30.1 Å². The van der Waals surface area contributed by atoms with Crippen LogP contribution in [0.3, 0.4) is 0 Å². The number of carbonyl (C=O) groups excluding carboxylic acids is 3. The molecule has 162 valence electrons. The summed E-state index contributed by atoms with van der Waals surface area (Å²) in [5.41, 5.74) is 7.51. The highest BCUT2D eigenvalue weighted by Crippen LogP contribution is 2.31. The molecule has 4 rings (SSSR count). The van der Waals surface area contributed by atoms with Crippen molar-refractivity contribution in [2.45, 2.75) is 25.7 Å². The fourth-order valence-corrected chi connectivity index (χ4v) is 4.98. The first-order valence-electron chi connectivity index (χ1n) is 9.78. The SMILES string of the molecule is C#CCN(C(=O)NC)N1CC(=O)N2C(C)C(=O)N(Cc3cccc4sc(N)nc34)C[C@@H]21. The number of benzene rings is 1. The number of amides is 4. The minimum absolute atomic E-state index is 0.0109. The topological polar surface area (TPSA) is 115 Å². The molecule has 2 aliphatic heterocycles. The number of fused-ring (bicyclic) bond motifs is 2. The zero-order chi connectivity index (χ0) is 22.3. The van der Waals surface area contributed by atoms with Crippen LogP contribution in [0, 0.1) is 12.3 Å². The fraction of sp³-hybridized carbons (Fsp3) is 0.400. The lowest BCUT2D eigenvalue weighted by atomic mass is 10.1. The van der Waals surface area contributed by atoms with E-state index in [1.54, 1.807) is 16.8 Å². The van der Waals surface area contributed by atoms with Crippen molar-refractivity contribution in [3.8, 4) is 12.3 Å². The highest BCUT2D eigenvalue weighted by molar-refractivity contribution is 7.22. The largest absolute Gasteiger partial charge is 0.375 e. The van der Waals surface area contributed by atoms with E-state index >= 15 is 0 Å². The zero-order valence-electron chi connectivity index (χ0n) is 17.2. The quantitative estimate of drug-likeness (QED) is 0.658. The van der Waals surface area contributed by atoms with Crippen molar-refractivity contribution in [3.63, 3.8) is 0 Å². The molecular weight excluding hydrogens is 418 g/mol. The number of para-hydroxylation sites is 1. The molecule has 11 heteroatoms.